The number of halogens is 3. The van der Waals surface area contributed by atoms with Crippen molar-refractivity contribution in [2.75, 3.05) is 0 Å². The number of pyridine rings is 1. The summed E-state index contributed by atoms with van der Waals surface area (Å²) in [6.07, 6.45) is 1.35. The van der Waals surface area contributed by atoms with Crippen molar-refractivity contribution in [1.82, 2.24) is 4.98 Å². The summed E-state index contributed by atoms with van der Waals surface area (Å²) in [6.45, 7) is 8.07. The molecule has 6 rings (SSSR count). The van der Waals surface area contributed by atoms with E-state index in [0.29, 0.717) is 15.8 Å². The molecule has 0 saturated carbocycles. The molecule has 1 N–H and O–H groups in total. The molecule has 0 bridgehead atoms. The SMILES string of the molecule is CCC(CC)C(=O)/C=C(\O)C(CC)CC.FC(F)(F)c1cnc2c(sc3cc4ccccc4[c-]c32)c1-c1ccc(-c2ccccc2)cc1.[Ir]. The smallest absolute Gasteiger partial charge is 0.418 e. The Bertz CT molecular complexity index is 2050. The number of thiophene rings is 1. The maximum Gasteiger partial charge on any atom is 0.418 e. The van der Waals surface area contributed by atoms with E-state index < -0.39 is 11.7 Å². The number of aromatic nitrogens is 1. The van der Waals surface area contributed by atoms with Gasteiger partial charge in [-0.15, -0.1) is 23.6 Å². The van der Waals surface area contributed by atoms with Gasteiger partial charge in [0, 0.05) is 60.0 Å². The Labute approximate surface area is 303 Å². The number of nitrogens with zero attached hydrogens (tertiary/aromatic N) is 1. The summed E-state index contributed by atoms with van der Waals surface area (Å²) in [5.41, 5.74) is 2.49. The van der Waals surface area contributed by atoms with Gasteiger partial charge in [-0.3, -0.25) is 9.78 Å². The Kier molecular flexibility index (Phi) is 12.9. The van der Waals surface area contributed by atoms with Gasteiger partial charge in [0.2, 0.25) is 0 Å². The third-order valence-electron chi connectivity index (χ3n) is 8.90. The van der Waals surface area contributed by atoms with Crippen LogP contribution in [0.3, 0.4) is 0 Å². The molecule has 2 heterocycles. The molecule has 4 aromatic carbocycles. The number of benzene rings is 4. The summed E-state index contributed by atoms with van der Waals surface area (Å²) in [5, 5.41) is 12.4. The van der Waals surface area contributed by atoms with Crippen LogP contribution in [0.5, 0.6) is 0 Å². The van der Waals surface area contributed by atoms with Gasteiger partial charge in [0.25, 0.3) is 0 Å². The third-order valence-corrected chi connectivity index (χ3v) is 10.0. The van der Waals surface area contributed by atoms with Crippen molar-refractivity contribution in [3.05, 3.63) is 115 Å². The second-order valence-corrected chi connectivity index (χ2v) is 12.9. The fourth-order valence-electron chi connectivity index (χ4n) is 6.02. The number of rotatable bonds is 9. The van der Waals surface area contributed by atoms with Crippen LogP contribution >= 0.6 is 11.3 Å². The molecule has 1 radical (unpaired) electrons. The Morgan fingerprint density at radius 1 is 0.837 bits per heavy atom. The van der Waals surface area contributed by atoms with E-state index in [2.05, 4.69) is 11.1 Å². The Morgan fingerprint density at radius 3 is 2.02 bits per heavy atom. The number of alkyl halides is 3. The van der Waals surface area contributed by atoms with Gasteiger partial charge in [-0.25, -0.2) is 0 Å². The molecule has 257 valence electrons. The first-order chi connectivity index (χ1) is 23.1. The summed E-state index contributed by atoms with van der Waals surface area (Å²) in [7, 11) is 0. The van der Waals surface area contributed by atoms with Crippen LogP contribution in [0.4, 0.5) is 13.2 Å². The first-order valence-corrected chi connectivity index (χ1v) is 17.2. The molecule has 0 aliphatic heterocycles. The number of fused-ring (bicyclic) bond motifs is 4. The van der Waals surface area contributed by atoms with Gasteiger partial charge in [0.05, 0.1) is 11.3 Å². The Morgan fingerprint density at radius 2 is 1.41 bits per heavy atom. The van der Waals surface area contributed by atoms with Crippen molar-refractivity contribution in [2.45, 2.75) is 59.6 Å². The van der Waals surface area contributed by atoms with Gasteiger partial charge >= 0.3 is 6.18 Å². The topological polar surface area (TPSA) is 50.2 Å². The molecule has 0 spiro atoms. The van der Waals surface area contributed by atoms with Gasteiger partial charge in [-0.2, -0.15) is 24.5 Å². The van der Waals surface area contributed by atoms with E-state index in [4.69, 9.17) is 0 Å². The van der Waals surface area contributed by atoms with Crippen LogP contribution in [0, 0.1) is 17.9 Å². The number of aliphatic hydroxyl groups excluding tert-OH is 1. The van der Waals surface area contributed by atoms with Crippen molar-refractivity contribution in [3.63, 3.8) is 0 Å². The third kappa shape index (κ3) is 8.49. The molecule has 2 aromatic heterocycles. The molecule has 0 unspecified atom stereocenters. The number of allylic oxidation sites excluding steroid dienone is 2. The quantitative estimate of drug-likeness (QED) is 0.0895. The van der Waals surface area contributed by atoms with Crippen LogP contribution in [0.2, 0.25) is 0 Å². The monoisotopic (exact) mass is 859 g/mol. The second kappa shape index (κ2) is 16.7. The molecule has 49 heavy (non-hydrogen) atoms. The van der Waals surface area contributed by atoms with Gasteiger partial charge in [0.15, 0.2) is 5.78 Å². The molecule has 0 aliphatic carbocycles. The molecular formula is C41H39F3IrNO2S-. The maximum atomic E-state index is 14.0. The van der Waals surface area contributed by atoms with Gasteiger partial charge in [-0.05, 0) is 47.1 Å². The predicted molar refractivity (Wildman–Crippen MR) is 193 cm³/mol. The fraction of sp³-hybridized carbons (Fsp3) is 0.268. The molecule has 0 atom stereocenters. The number of ketones is 1. The summed E-state index contributed by atoms with van der Waals surface area (Å²) >= 11 is 1.34. The summed E-state index contributed by atoms with van der Waals surface area (Å²) in [5.74, 6) is 0.547. The second-order valence-electron chi connectivity index (χ2n) is 11.9. The van der Waals surface area contributed by atoms with Gasteiger partial charge < -0.3 is 5.11 Å². The van der Waals surface area contributed by atoms with Gasteiger partial charge in [-0.1, -0.05) is 111 Å². The number of hydrogen-bond acceptors (Lipinski definition) is 4. The number of carbonyl (C=O) groups is 1. The first-order valence-electron chi connectivity index (χ1n) is 16.4. The minimum atomic E-state index is -4.51. The zero-order valence-electron chi connectivity index (χ0n) is 27.9. The van der Waals surface area contributed by atoms with Crippen LogP contribution in [-0.2, 0) is 31.1 Å². The van der Waals surface area contributed by atoms with Crippen LogP contribution in [0.25, 0.3) is 53.3 Å². The van der Waals surface area contributed by atoms with Crippen molar-refractivity contribution >= 4 is 48.2 Å². The van der Waals surface area contributed by atoms with E-state index >= 15 is 0 Å². The molecular weight excluding hydrogens is 820 g/mol. The normalized spacial score (nSPS) is 12.0. The van der Waals surface area contributed by atoms with E-state index in [1.165, 1.54) is 17.4 Å². The summed E-state index contributed by atoms with van der Waals surface area (Å²) < 4.78 is 43.5. The average molecular weight is 859 g/mol. The molecule has 0 saturated heterocycles. The molecule has 0 fully saturated rings. The van der Waals surface area contributed by atoms with Crippen molar-refractivity contribution in [2.24, 2.45) is 11.8 Å². The van der Waals surface area contributed by atoms with Crippen LogP contribution in [-0.4, -0.2) is 15.9 Å². The van der Waals surface area contributed by atoms with Gasteiger partial charge in [0.1, 0.15) is 0 Å². The van der Waals surface area contributed by atoms with E-state index in [-0.39, 0.29) is 49.0 Å². The van der Waals surface area contributed by atoms with E-state index in [1.54, 1.807) is 12.1 Å². The molecule has 8 heteroatoms. The number of aliphatic hydroxyl groups is 1. The number of carbonyl (C=O) groups excluding carboxylic acids is 1. The minimum absolute atomic E-state index is 0. The first kappa shape index (κ1) is 38.0. The van der Waals surface area contributed by atoms with Crippen LogP contribution < -0.4 is 0 Å². The average Bonchev–Trinajstić information content (AvgIpc) is 3.45. The standard InChI is InChI=1S/C28H15F3NS.C13H24O2.Ir/c29-28(30,31)23-16-32-26-22-14-20-8-4-5-9-21(20)15-24(22)33-27(26)25(23)19-12-10-18(11-13-19)17-6-2-1-3-7-17;1-5-10(6-2)12(14)9-13(15)11(7-3)8-4;/h1-13,15-16H;9-11,14H,5-8H2,1-4H3;/q-1;;/b;12-9-;. The largest absolute Gasteiger partial charge is 0.512 e. The van der Waals surface area contributed by atoms with Crippen LogP contribution in [0.1, 0.15) is 58.9 Å². The minimum Gasteiger partial charge on any atom is -0.512 e. The molecule has 0 aliphatic rings. The Hall–Kier alpha value is -3.84. The zero-order chi connectivity index (χ0) is 34.4. The number of hydrogen-bond donors (Lipinski definition) is 1. The van der Waals surface area contributed by atoms with Crippen LogP contribution in [0.15, 0.2) is 103 Å². The maximum absolute atomic E-state index is 14.0. The zero-order valence-corrected chi connectivity index (χ0v) is 31.1. The predicted octanol–water partition coefficient (Wildman–Crippen LogP) is 12.6. The Balaban J connectivity index is 0.000000290. The van der Waals surface area contributed by atoms with E-state index in [0.717, 1.165) is 63.9 Å². The van der Waals surface area contributed by atoms with Crippen molar-refractivity contribution in [3.8, 4) is 22.3 Å². The molecule has 6 aromatic rings. The fourth-order valence-corrected chi connectivity index (χ4v) is 7.26. The molecule has 0 amide bonds. The van der Waals surface area contributed by atoms with Crippen molar-refractivity contribution in [1.29, 1.82) is 0 Å². The van der Waals surface area contributed by atoms with E-state index in [1.807, 2.05) is 100 Å². The summed E-state index contributed by atoms with van der Waals surface area (Å²) in [6, 6.07) is 30.2. The van der Waals surface area contributed by atoms with E-state index in [9.17, 15) is 23.1 Å². The molecule has 3 nitrogen and oxygen atoms in total. The van der Waals surface area contributed by atoms with Crippen molar-refractivity contribution < 1.29 is 43.2 Å². The summed E-state index contributed by atoms with van der Waals surface area (Å²) in [4.78, 5) is 16.0.